The summed E-state index contributed by atoms with van der Waals surface area (Å²) < 4.78 is 10.4. The van der Waals surface area contributed by atoms with E-state index in [0.717, 1.165) is 19.3 Å². The Bertz CT molecular complexity index is 516. The molecule has 1 aliphatic rings. The van der Waals surface area contributed by atoms with E-state index in [1.54, 1.807) is 26.4 Å². The zero-order chi connectivity index (χ0) is 15.4. The van der Waals surface area contributed by atoms with Gasteiger partial charge in [-0.2, -0.15) is 0 Å². The Balaban J connectivity index is 2.15. The van der Waals surface area contributed by atoms with E-state index in [4.69, 9.17) is 15.2 Å². The lowest BCUT2D eigenvalue weighted by atomic mass is 9.87. The van der Waals surface area contributed by atoms with Crippen LogP contribution in [0.2, 0.25) is 0 Å². The lowest BCUT2D eigenvalue weighted by molar-refractivity contribution is 0.0922. The van der Waals surface area contributed by atoms with Gasteiger partial charge in [0.2, 0.25) is 0 Å². The number of ether oxygens (including phenoxy) is 2. The first-order valence-electron chi connectivity index (χ1n) is 7.37. The number of nitrogen functional groups attached to an aromatic ring is 1. The van der Waals surface area contributed by atoms with Crippen LogP contribution in [0.1, 0.15) is 43.0 Å². The zero-order valence-corrected chi connectivity index (χ0v) is 12.9. The van der Waals surface area contributed by atoms with E-state index in [1.807, 2.05) is 0 Å². The minimum atomic E-state index is -0.146. The van der Waals surface area contributed by atoms with Crippen LogP contribution in [0.4, 0.5) is 5.69 Å². The van der Waals surface area contributed by atoms with Gasteiger partial charge in [0.1, 0.15) is 0 Å². The van der Waals surface area contributed by atoms with Crippen molar-refractivity contribution in [1.82, 2.24) is 5.32 Å². The van der Waals surface area contributed by atoms with E-state index in [0.29, 0.717) is 28.7 Å². The Morgan fingerprint density at radius 2 is 1.90 bits per heavy atom. The smallest absolute Gasteiger partial charge is 0.253 e. The Labute approximate surface area is 125 Å². The van der Waals surface area contributed by atoms with E-state index in [2.05, 4.69) is 12.2 Å². The highest BCUT2D eigenvalue weighted by Gasteiger charge is 2.22. The van der Waals surface area contributed by atoms with Crippen molar-refractivity contribution in [3.8, 4) is 11.5 Å². The van der Waals surface area contributed by atoms with Gasteiger partial charge in [0.25, 0.3) is 5.91 Å². The molecule has 0 unspecified atom stereocenters. The number of nitrogens with one attached hydrogen (secondary N) is 1. The lowest BCUT2D eigenvalue weighted by Gasteiger charge is -2.27. The number of anilines is 1. The fraction of sp³-hybridized carbons (Fsp3) is 0.562. The molecule has 116 valence electrons. The molecule has 0 spiro atoms. The van der Waals surface area contributed by atoms with E-state index in [-0.39, 0.29) is 11.9 Å². The van der Waals surface area contributed by atoms with Gasteiger partial charge in [-0.05, 0) is 24.8 Å². The number of benzene rings is 1. The maximum Gasteiger partial charge on any atom is 0.253 e. The number of carbonyl (C=O) groups excluding carboxylic acids is 1. The van der Waals surface area contributed by atoms with Gasteiger partial charge < -0.3 is 20.5 Å². The second-order valence-electron chi connectivity index (χ2n) is 5.74. The molecule has 1 fully saturated rings. The van der Waals surface area contributed by atoms with Gasteiger partial charge in [-0.3, -0.25) is 4.79 Å². The van der Waals surface area contributed by atoms with Crippen molar-refractivity contribution in [3.63, 3.8) is 0 Å². The summed E-state index contributed by atoms with van der Waals surface area (Å²) in [6, 6.07) is 3.49. The van der Waals surface area contributed by atoms with Gasteiger partial charge in [0.05, 0.1) is 19.8 Å². The second kappa shape index (κ2) is 6.70. The number of nitrogens with two attached hydrogens (primary N) is 1. The van der Waals surface area contributed by atoms with Gasteiger partial charge in [-0.15, -0.1) is 0 Å². The molecule has 3 N–H and O–H groups in total. The van der Waals surface area contributed by atoms with Crippen LogP contribution < -0.4 is 20.5 Å². The number of hydrogen-bond acceptors (Lipinski definition) is 4. The summed E-state index contributed by atoms with van der Waals surface area (Å²) in [7, 11) is 3.08. The Morgan fingerprint density at radius 1 is 1.24 bits per heavy atom. The summed E-state index contributed by atoms with van der Waals surface area (Å²) in [6.45, 7) is 2.23. The quantitative estimate of drug-likeness (QED) is 0.837. The summed E-state index contributed by atoms with van der Waals surface area (Å²) in [6.07, 6.45) is 4.46. The molecule has 2 atom stereocenters. The van der Waals surface area contributed by atoms with Crippen molar-refractivity contribution in [2.24, 2.45) is 5.92 Å². The molecule has 1 amide bonds. The molecule has 5 heteroatoms. The van der Waals surface area contributed by atoms with E-state index in [9.17, 15) is 4.79 Å². The predicted molar refractivity (Wildman–Crippen MR) is 82.8 cm³/mol. The standard InChI is InChI=1S/C16H24N2O3/c1-10-5-4-6-11(7-10)18-16(19)12-8-14(20-2)15(21-3)9-13(12)17/h8-11H,4-7,17H2,1-3H3,(H,18,19)/t10-,11-/m0/s1. The molecule has 1 aromatic carbocycles. The maximum atomic E-state index is 12.4. The third-order valence-corrected chi connectivity index (χ3v) is 4.07. The van der Waals surface area contributed by atoms with Gasteiger partial charge in [0.15, 0.2) is 11.5 Å². The largest absolute Gasteiger partial charge is 0.493 e. The molecular formula is C16H24N2O3. The average Bonchev–Trinajstić information content (AvgIpc) is 2.46. The number of hydrogen-bond donors (Lipinski definition) is 2. The summed E-state index contributed by atoms with van der Waals surface area (Å²) in [5, 5.41) is 3.08. The molecule has 0 bridgehead atoms. The first-order valence-corrected chi connectivity index (χ1v) is 7.37. The summed E-state index contributed by atoms with van der Waals surface area (Å²) >= 11 is 0. The minimum Gasteiger partial charge on any atom is -0.493 e. The van der Waals surface area contributed by atoms with Crippen LogP contribution in [0.3, 0.4) is 0 Å². The highest BCUT2D eigenvalue weighted by molar-refractivity contribution is 6.00. The molecule has 1 saturated carbocycles. The van der Waals surface area contributed by atoms with Gasteiger partial charge >= 0.3 is 0 Å². The molecule has 0 aromatic heterocycles. The van der Waals surface area contributed by atoms with Gasteiger partial charge in [-0.1, -0.05) is 19.8 Å². The van der Waals surface area contributed by atoms with E-state index >= 15 is 0 Å². The van der Waals surface area contributed by atoms with Crippen LogP contribution >= 0.6 is 0 Å². The van der Waals surface area contributed by atoms with Crippen molar-refractivity contribution < 1.29 is 14.3 Å². The molecule has 1 aromatic rings. The average molecular weight is 292 g/mol. The van der Waals surface area contributed by atoms with Gasteiger partial charge in [-0.25, -0.2) is 0 Å². The molecule has 1 aliphatic carbocycles. The van der Waals surface area contributed by atoms with Gasteiger partial charge in [0, 0.05) is 17.8 Å². The Morgan fingerprint density at radius 3 is 2.52 bits per heavy atom. The van der Waals surface area contributed by atoms with Crippen LogP contribution in [-0.4, -0.2) is 26.2 Å². The molecule has 21 heavy (non-hydrogen) atoms. The molecular weight excluding hydrogens is 268 g/mol. The first-order chi connectivity index (χ1) is 10.0. The Hall–Kier alpha value is -1.91. The predicted octanol–water partition coefficient (Wildman–Crippen LogP) is 2.59. The van der Waals surface area contributed by atoms with Crippen molar-refractivity contribution in [2.45, 2.75) is 38.6 Å². The zero-order valence-electron chi connectivity index (χ0n) is 12.9. The number of rotatable bonds is 4. The summed E-state index contributed by atoms with van der Waals surface area (Å²) in [5.74, 6) is 1.55. The second-order valence-corrected chi connectivity index (χ2v) is 5.74. The maximum absolute atomic E-state index is 12.4. The topological polar surface area (TPSA) is 73.6 Å². The van der Waals surface area contributed by atoms with Crippen LogP contribution in [0.5, 0.6) is 11.5 Å². The highest BCUT2D eigenvalue weighted by Crippen LogP contribution is 2.32. The molecule has 0 aliphatic heterocycles. The first kappa shape index (κ1) is 15.5. The van der Waals surface area contributed by atoms with Crippen LogP contribution in [0.25, 0.3) is 0 Å². The highest BCUT2D eigenvalue weighted by atomic mass is 16.5. The lowest BCUT2D eigenvalue weighted by Crippen LogP contribution is -2.38. The van der Waals surface area contributed by atoms with E-state index < -0.39 is 0 Å². The van der Waals surface area contributed by atoms with Crippen molar-refractivity contribution in [3.05, 3.63) is 17.7 Å². The normalized spacial score (nSPS) is 21.7. The van der Waals surface area contributed by atoms with Crippen LogP contribution in [0, 0.1) is 5.92 Å². The molecule has 0 radical (unpaired) electrons. The molecule has 0 heterocycles. The molecule has 0 saturated heterocycles. The monoisotopic (exact) mass is 292 g/mol. The minimum absolute atomic E-state index is 0.146. The fourth-order valence-corrected chi connectivity index (χ4v) is 2.92. The Kier molecular flexibility index (Phi) is 4.94. The van der Waals surface area contributed by atoms with Crippen molar-refractivity contribution in [2.75, 3.05) is 20.0 Å². The van der Waals surface area contributed by atoms with Crippen LogP contribution in [0.15, 0.2) is 12.1 Å². The fourth-order valence-electron chi connectivity index (χ4n) is 2.92. The third kappa shape index (κ3) is 3.60. The van der Waals surface area contributed by atoms with Crippen LogP contribution in [-0.2, 0) is 0 Å². The third-order valence-electron chi connectivity index (χ3n) is 4.07. The van der Waals surface area contributed by atoms with Crippen molar-refractivity contribution in [1.29, 1.82) is 0 Å². The SMILES string of the molecule is COc1cc(N)c(C(=O)N[C@H]2CCC[C@H](C)C2)cc1OC. The number of methoxy groups -OCH3 is 2. The summed E-state index contributed by atoms with van der Waals surface area (Å²) in [4.78, 5) is 12.4. The van der Waals surface area contributed by atoms with Crippen molar-refractivity contribution >= 4 is 11.6 Å². The number of carbonyl (C=O) groups is 1. The molecule has 2 rings (SSSR count). The number of amides is 1. The van der Waals surface area contributed by atoms with E-state index in [1.165, 1.54) is 6.42 Å². The summed E-state index contributed by atoms with van der Waals surface area (Å²) in [5.41, 5.74) is 6.79. The molecule has 5 nitrogen and oxygen atoms in total.